The van der Waals surface area contributed by atoms with Crippen molar-refractivity contribution in [1.82, 2.24) is 31.0 Å². The molecular formula is C11H20N7O2P2+. The molecule has 0 radical (unpaired) electrons. The van der Waals surface area contributed by atoms with E-state index in [-0.39, 0.29) is 22.4 Å². The largest absolute Gasteiger partial charge is 0.356 e. The highest BCUT2D eigenvalue weighted by molar-refractivity contribution is 7.26. The van der Waals surface area contributed by atoms with Crippen LogP contribution in [-0.2, 0) is 4.79 Å². The monoisotopic (exact) mass is 344 g/mol. The van der Waals surface area contributed by atoms with Gasteiger partial charge in [0.2, 0.25) is 0 Å². The van der Waals surface area contributed by atoms with Crippen LogP contribution in [0.4, 0.5) is 0 Å². The van der Waals surface area contributed by atoms with E-state index in [2.05, 4.69) is 44.6 Å². The number of H-pyrrole nitrogens is 1. The van der Waals surface area contributed by atoms with E-state index in [4.69, 9.17) is 0 Å². The minimum absolute atomic E-state index is 0.0311. The van der Waals surface area contributed by atoms with Crippen molar-refractivity contribution in [2.24, 2.45) is 0 Å². The molecule has 3 unspecified atom stereocenters. The normalized spacial score (nSPS) is 17.8. The van der Waals surface area contributed by atoms with Crippen molar-refractivity contribution < 1.29 is 14.3 Å². The summed E-state index contributed by atoms with van der Waals surface area (Å²) in [4.78, 5) is 32.9. The Bertz CT molecular complexity index is 628. The first-order valence-electron chi connectivity index (χ1n) is 6.43. The topological polar surface area (TPSA) is 102 Å². The van der Waals surface area contributed by atoms with Crippen LogP contribution in [0.3, 0.4) is 0 Å². The fraction of sp³-hybridized carbons (Fsp3) is 0.364. The van der Waals surface area contributed by atoms with Crippen LogP contribution in [0.1, 0.15) is 10.5 Å². The number of aromatic amines is 1. The molecule has 1 aliphatic rings. The maximum Gasteiger partial charge on any atom is 0.316 e. The SMILES string of the molecule is CN1C=C(C(=O)N[N+](C)(C)NC(=O)c2cnc(P)[nH]2)NC1P. The Morgan fingerprint density at radius 2 is 2.00 bits per heavy atom. The number of carbonyl (C=O) groups is 2. The molecule has 0 aromatic carbocycles. The molecule has 120 valence electrons. The zero-order valence-electron chi connectivity index (χ0n) is 12.5. The van der Waals surface area contributed by atoms with Gasteiger partial charge in [0.05, 0.1) is 6.20 Å². The molecule has 22 heavy (non-hydrogen) atoms. The van der Waals surface area contributed by atoms with E-state index in [1.54, 1.807) is 20.3 Å². The van der Waals surface area contributed by atoms with Gasteiger partial charge in [-0.1, -0.05) is 18.5 Å². The molecule has 4 N–H and O–H groups in total. The van der Waals surface area contributed by atoms with E-state index >= 15 is 0 Å². The second kappa shape index (κ2) is 6.20. The lowest BCUT2D eigenvalue weighted by Crippen LogP contribution is -2.64. The number of amides is 2. The van der Waals surface area contributed by atoms with E-state index < -0.39 is 0 Å². The summed E-state index contributed by atoms with van der Waals surface area (Å²) in [6, 6.07) is 0. The Hall–Kier alpha value is -1.69. The molecule has 0 bridgehead atoms. The second-order valence-electron chi connectivity index (χ2n) is 5.31. The Balaban J connectivity index is 1.97. The molecule has 3 atom stereocenters. The van der Waals surface area contributed by atoms with Gasteiger partial charge in [-0.25, -0.2) is 4.98 Å². The Kier molecular flexibility index (Phi) is 4.70. The van der Waals surface area contributed by atoms with Gasteiger partial charge in [0.1, 0.15) is 37.0 Å². The van der Waals surface area contributed by atoms with Gasteiger partial charge in [-0.3, -0.25) is 9.59 Å². The smallest absolute Gasteiger partial charge is 0.316 e. The molecule has 0 aliphatic carbocycles. The fourth-order valence-corrected chi connectivity index (χ4v) is 2.31. The van der Waals surface area contributed by atoms with Gasteiger partial charge >= 0.3 is 11.8 Å². The summed E-state index contributed by atoms with van der Waals surface area (Å²) >= 11 is 0. The van der Waals surface area contributed by atoms with Gasteiger partial charge in [-0.15, -0.1) is 4.70 Å². The first-order valence-corrected chi connectivity index (χ1v) is 7.68. The molecule has 0 fully saturated rings. The number of carbonyl (C=O) groups excluding carboxylic acids is 2. The number of nitrogens with one attached hydrogen (secondary N) is 4. The third-order valence-corrected chi connectivity index (χ3v) is 3.85. The molecule has 1 aliphatic heterocycles. The summed E-state index contributed by atoms with van der Waals surface area (Å²) in [6.07, 6.45) is 3.12. The summed E-state index contributed by atoms with van der Waals surface area (Å²) in [7, 11) is 10.1. The van der Waals surface area contributed by atoms with Crippen LogP contribution in [0, 0.1) is 0 Å². The zero-order chi connectivity index (χ0) is 16.5. The molecule has 0 saturated carbocycles. The summed E-state index contributed by atoms with van der Waals surface area (Å²) in [5, 5.41) is 3.01. The number of aromatic nitrogens is 2. The predicted octanol–water partition coefficient (Wildman–Crippen LogP) is -1.80. The Morgan fingerprint density at radius 3 is 2.50 bits per heavy atom. The summed E-state index contributed by atoms with van der Waals surface area (Å²) in [5.41, 5.74) is 6.69. The van der Waals surface area contributed by atoms with Crippen molar-refractivity contribution in [1.29, 1.82) is 0 Å². The standard InChI is InChI=1S/C11H19N7O2P2/c1-17-5-7(14-11(17)22)9(20)16-18(2,3)15-8(19)6-4-12-10(21)13-6/h4-5,11,14H,21-22H2,1-3H3,(H2-,12,13,15,16,19,20)/p+1. The van der Waals surface area contributed by atoms with Crippen LogP contribution in [0.2, 0.25) is 0 Å². The average molecular weight is 344 g/mol. The van der Waals surface area contributed by atoms with E-state index in [1.807, 2.05) is 11.9 Å². The van der Waals surface area contributed by atoms with E-state index in [0.717, 1.165) is 0 Å². The minimum atomic E-state index is -0.374. The quantitative estimate of drug-likeness (QED) is 0.293. The van der Waals surface area contributed by atoms with Crippen LogP contribution in [0.15, 0.2) is 18.1 Å². The summed E-state index contributed by atoms with van der Waals surface area (Å²) in [6.45, 7) is 0. The van der Waals surface area contributed by atoms with Gasteiger partial charge in [0.25, 0.3) is 0 Å². The molecule has 9 nitrogen and oxygen atoms in total. The number of nitrogens with zero attached hydrogens (tertiary/aromatic N) is 3. The van der Waals surface area contributed by atoms with Gasteiger partial charge in [-0.2, -0.15) is 10.9 Å². The molecular weight excluding hydrogens is 324 g/mol. The maximum absolute atomic E-state index is 12.2. The third kappa shape index (κ3) is 3.94. The van der Waals surface area contributed by atoms with Crippen LogP contribution in [-0.4, -0.2) is 58.4 Å². The van der Waals surface area contributed by atoms with Gasteiger partial charge in [0, 0.05) is 13.2 Å². The third-order valence-electron chi connectivity index (χ3n) is 2.92. The van der Waals surface area contributed by atoms with Gasteiger partial charge < -0.3 is 15.2 Å². The van der Waals surface area contributed by atoms with Crippen LogP contribution in [0.25, 0.3) is 0 Å². The fourth-order valence-electron chi connectivity index (χ4n) is 1.81. The summed E-state index contributed by atoms with van der Waals surface area (Å²) < 4.78 is -0.215. The lowest BCUT2D eigenvalue weighted by atomic mass is 10.4. The second-order valence-corrected chi connectivity index (χ2v) is 6.49. The van der Waals surface area contributed by atoms with Crippen molar-refractivity contribution in [2.75, 3.05) is 21.1 Å². The Morgan fingerprint density at radius 1 is 1.36 bits per heavy atom. The zero-order valence-corrected chi connectivity index (χ0v) is 14.9. The average Bonchev–Trinajstić information content (AvgIpc) is 2.96. The first kappa shape index (κ1) is 16.7. The molecule has 0 saturated heterocycles. The highest BCUT2D eigenvalue weighted by atomic mass is 31.0. The molecule has 0 spiro atoms. The van der Waals surface area contributed by atoms with Crippen LogP contribution < -0.4 is 21.7 Å². The lowest BCUT2D eigenvalue weighted by Gasteiger charge is -2.28. The Labute approximate surface area is 132 Å². The van der Waals surface area contributed by atoms with Gasteiger partial charge in [0.15, 0.2) is 0 Å². The number of quaternary nitrogens is 1. The van der Waals surface area contributed by atoms with Gasteiger partial charge in [-0.05, 0) is 0 Å². The molecule has 11 heteroatoms. The highest BCUT2D eigenvalue weighted by Gasteiger charge is 2.28. The molecule has 2 amide bonds. The van der Waals surface area contributed by atoms with Crippen molar-refractivity contribution in [2.45, 2.75) is 5.91 Å². The maximum atomic E-state index is 12.2. The van der Waals surface area contributed by atoms with E-state index in [0.29, 0.717) is 17.0 Å². The van der Waals surface area contributed by atoms with E-state index in [9.17, 15) is 9.59 Å². The first-order chi connectivity index (χ1) is 10.2. The van der Waals surface area contributed by atoms with Crippen LogP contribution in [0.5, 0.6) is 0 Å². The predicted molar refractivity (Wildman–Crippen MR) is 88.1 cm³/mol. The number of imidazole rings is 1. The van der Waals surface area contributed by atoms with Crippen molar-refractivity contribution in [3.8, 4) is 0 Å². The van der Waals surface area contributed by atoms with Crippen molar-refractivity contribution in [3.63, 3.8) is 0 Å². The van der Waals surface area contributed by atoms with Crippen molar-refractivity contribution >= 4 is 35.9 Å². The molecule has 2 heterocycles. The van der Waals surface area contributed by atoms with E-state index in [1.165, 1.54) is 6.20 Å². The number of hydrogen-bond donors (Lipinski definition) is 4. The van der Waals surface area contributed by atoms with Crippen molar-refractivity contribution in [3.05, 3.63) is 23.8 Å². The lowest BCUT2D eigenvalue weighted by molar-refractivity contribution is -0.958. The molecule has 1 aromatic heterocycles. The minimum Gasteiger partial charge on any atom is -0.356 e. The van der Waals surface area contributed by atoms with Crippen LogP contribution >= 0.6 is 18.5 Å². The number of rotatable bonds is 4. The molecule has 2 rings (SSSR count). The summed E-state index contributed by atoms with van der Waals surface area (Å²) in [5.74, 6) is -0.726. The highest BCUT2D eigenvalue weighted by Crippen LogP contribution is 2.13. The number of hydrogen-bond acceptors (Lipinski definition) is 5. The molecule has 1 aromatic rings.